The van der Waals surface area contributed by atoms with Gasteiger partial charge in [-0.1, -0.05) is 0 Å². The number of hydrogen-bond donors (Lipinski definition) is 2. The third-order valence-corrected chi connectivity index (χ3v) is 8.24. The van der Waals surface area contributed by atoms with E-state index in [9.17, 15) is 22.8 Å². The maximum absolute atomic E-state index is 16.5. The summed E-state index contributed by atoms with van der Waals surface area (Å²) in [5, 5.41) is 2.25. The Morgan fingerprint density at radius 2 is 1.58 bits per heavy atom. The number of piperazine rings is 1. The van der Waals surface area contributed by atoms with Crippen LogP contribution in [0.25, 0.3) is 11.1 Å². The summed E-state index contributed by atoms with van der Waals surface area (Å²) in [6.45, 7) is 9.34. The zero-order valence-corrected chi connectivity index (χ0v) is 25.4. The summed E-state index contributed by atoms with van der Waals surface area (Å²) in [6, 6.07) is 1.20. The molecule has 10 nitrogen and oxygen atoms in total. The number of H-pyrrole nitrogens is 1. The summed E-state index contributed by atoms with van der Waals surface area (Å²) in [6.07, 6.45) is -2.08. The molecule has 45 heavy (non-hydrogen) atoms. The molecule has 0 radical (unpaired) electrons. The van der Waals surface area contributed by atoms with E-state index < -0.39 is 51.7 Å². The van der Waals surface area contributed by atoms with Crippen molar-refractivity contribution in [1.82, 2.24) is 19.9 Å². The first kappa shape index (κ1) is 32.3. The topological polar surface area (TPSA) is 107 Å². The second-order valence-corrected chi connectivity index (χ2v) is 11.7. The van der Waals surface area contributed by atoms with Gasteiger partial charge in [0.1, 0.15) is 11.5 Å². The number of carbonyl (C=O) groups excluding carboxylic acids is 1. The Balaban J connectivity index is 1.58. The van der Waals surface area contributed by atoms with Gasteiger partial charge in [-0.05, 0) is 34.7 Å². The van der Waals surface area contributed by atoms with Crippen LogP contribution in [0.5, 0.6) is 0 Å². The molecule has 4 heterocycles. The average molecular weight is 636 g/mol. The van der Waals surface area contributed by atoms with Crippen molar-refractivity contribution in [3.8, 4) is 11.1 Å². The lowest BCUT2D eigenvalue weighted by Crippen LogP contribution is -2.55. The quantitative estimate of drug-likeness (QED) is 0.395. The van der Waals surface area contributed by atoms with E-state index in [1.807, 2.05) is 39.6 Å². The first-order chi connectivity index (χ1) is 21.1. The van der Waals surface area contributed by atoms with Gasteiger partial charge in [0.15, 0.2) is 5.82 Å². The van der Waals surface area contributed by atoms with Gasteiger partial charge in [-0.3, -0.25) is 14.5 Å². The van der Waals surface area contributed by atoms with E-state index in [1.165, 1.54) is 12.4 Å². The number of nitrogens with one attached hydrogen (secondary N) is 2. The Bertz CT molecular complexity index is 1610. The molecule has 2 N–H and O–H groups in total. The molecule has 4 unspecified atom stereocenters. The summed E-state index contributed by atoms with van der Waals surface area (Å²) in [5.74, 6) is -3.18. The molecule has 5 rings (SSSR count). The minimum Gasteiger partial charge on any atom is -0.372 e. The average Bonchev–Trinajstić information content (AvgIpc) is 2.96. The highest BCUT2D eigenvalue weighted by Gasteiger charge is 2.37. The molecule has 15 heteroatoms. The van der Waals surface area contributed by atoms with Crippen molar-refractivity contribution in [3.63, 3.8) is 0 Å². The summed E-state index contributed by atoms with van der Waals surface area (Å²) < 4.78 is 79.3. The van der Waals surface area contributed by atoms with E-state index in [1.54, 1.807) is 4.90 Å². The number of rotatable bonds is 5. The van der Waals surface area contributed by atoms with Gasteiger partial charge in [-0.15, -0.1) is 0 Å². The van der Waals surface area contributed by atoms with Crippen LogP contribution in [0, 0.1) is 11.6 Å². The van der Waals surface area contributed by atoms with Crippen LogP contribution >= 0.6 is 0 Å². The summed E-state index contributed by atoms with van der Waals surface area (Å²) >= 11 is 0. The van der Waals surface area contributed by atoms with Gasteiger partial charge >= 0.3 is 6.18 Å². The number of carbonyl (C=O) groups is 1. The van der Waals surface area contributed by atoms with Crippen molar-refractivity contribution in [2.75, 3.05) is 48.3 Å². The summed E-state index contributed by atoms with van der Waals surface area (Å²) in [5.41, 5.74) is -4.65. The number of hydrogen-bond acceptors (Lipinski definition) is 8. The highest BCUT2D eigenvalue weighted by atomic mass is 19.4. The minimum absolute atomic E-state index is 0.0368. The Morgan fingerprint density at radius 1 is 0.978 bits per heavy atom. The van der Waals surface area contributed by atoms with Gasteiger partial charge in [0.2, 0.25) is 11.5 Å². The lowest BCUT2D eigenvalue weighted by atomic mass is 10.0. The fraction of sp³-hybridized carbons (Fsp3) is 0.467. The highest BCUT2D eigenvalue weighted by Crippen LogP contribution is 2.40. The molecule has 0 bridgehead atoms. The first-order valence-corrected chi connectivity index (χ1v) is 14.5. The standard InChI is InChI=1S/C30H34F5N7O3/c1-15-11-41(12-16(2)40(15)5)23-7-22(31)25(19-8-37-29(38-9-19)42-13-17(3)45-18(4)14-42)26(32)27(23)39-28(44)20-10-36-24(43)6-21(20)30(33,34)35/h6-10,15-18H,11-14H2,1-5H3,(H,36,43)(H,39,44). The molecule has 3 aromatic rings. The van der Waals surface area contributed by atoms with Gasteiger partial charge in [-0.2, -0.15) is 13.2 Å². The number of ether oxygens (including phenoxy) is 1. The van der Waals surface area contributed by atoms with Gasteiger partial charge in [0.05, 0.1) is 34.6 Å². The smallest absolute Gasteiger partial charge is 0.372 e. The second kappa shape index (κ2) is 12.4. The largest absolute Gasteiger partial charge is 0.417 e. The molecule has 242 valence electrons. The Hall–Kier alpha value is -4.11. The van der Waals surface area contributed by atoms with Crippen LogP contribution in [0.3, 0.4) is 0 Å². The third kappa shape index (κ3) is 6.64. The van der Waals surface area contributed by atoms with Crippen molar-refractivity contribution >= 4 is 23.2 Å². The predicted molar refractivity (Wildman–Crippen MR) is 159 cm³/mol. The van der Waals surface area contributed by atoms with Gasteiger partial charge in [-0.25, -0.2) is 18.7 Å². The molecule has 2 aromatic heterocycles. The lowest BCUT2D eigenvalue weighted by Gasteiger charge is -2.44. The van der Waals surface area contributed by atoms with Crippen LogP contribution in [0.2, 0.25) is 0 Å². The number of aromatic nitrogens is 3. The van der Waals surface area contributed by atoms with E-state index in [-0.39, 0.29) is 41.6 Å². The molecular weight excluding hydrogens is 601 g/mol. The molecule has 2 aliphatic rings. The predicted octanol–water partition coefficient (Wildman–Crippen LogP) is 4.52. The number of morpholine rings is 1. The van der Waals surface area contributed by atoms with E-state index in [4.69, 9.17) is 4.74 Å². The van der Waals surface area contributed by atoms with Crippen LogP contribution in [0.15, 0.2) is 35.5 Å². The molecule has 0 aliphatic carbocycles. The number of nitrogens with zero attached hydrogens (tertiary/aromatic N) is 5. The van der Waals surface area contributed by atoms with Crippen LogP contribution in [0.4, 0.5) is 39.3 Å². The zero-order valence-electron chi connectivity index (χ0n) is 25.4. The Kier molecular flexibility index (Phi) is 8.86. The number of aromatic amines is 1. The van der Waals surface area contributed by atoms with E-state index in [0.29, 0.717) is 38.3 Å². The van der Waals surface area contributed by atoms with Crippen molar-refractivity contribution in [2.24, 2.45) is 0 Å². The molecule has 4 atom stereocenters. The van der Waals surface area contributed by atoms with Crippen LogP contribution in [0.1, 0.15) is 43.6 Å². The number of benzene rings is 1. The maximum Gasteiger partial charge on any atom is 0.417 e. The maximum atomic E-state index is 16.5. The molecule has 2 fully saturated rings. The van der Waals surface area contributed by atoms with E-state index >= 15 is 8.78 Å². The number of anilines is 3. The van der Waals surface area contributed by atoms with Crippen LogP contribution in [-0.4, -0.2) is 83.3 Å². The summed E-state index contributed by atoms with van der Waals surface area (Å²) in [7, 11) is 1.91. The number of amides is 1. The Morgan fingerprint density at radius 3 is 2.16 bits per heavy atom. The van der Waals surface area contributed by atoms with Crippen molar-refractivity contribution < 1.29 is 31.5 Å². The minimum atomic E-state index is -5.05. The molecule has 2 saturated heterocycles. The third-order valence-electron chi connectivity index (χ3n) is 8.24. The van der Waals surface area contributed by atoms with Crippen molar-refractivity contribution in [1.29, 1.82) is 0 Å². The SMILES string of the molecule is CC1CN(c2ncc(-c3c(F)cc(N4CC(C)N(C)C(C)C4)c(NC(=O)c4c[nH]c(=O)cc4C(F)(F)F)c3F)cn2)CC(C)O1. The van der Waals surface area contributed by atoms with Crippen molar-refractivity contribution in [2.45, 2.75) is 58.2 Å². The fourth-order valence-electron chi connectivity index (χ4n) is 5.87. The number of halogens is 5. The number of pyridine rings is 1. The molecular formula is C30H34F5N7O3. The number of likely N-dealkylation sites (N-methyl/N-ethyl adjacent to an activating group) is 1. The normalized spacial score (nSPS) is 22.9. The van der Waals surface area contributed by atoms with Crippen molar-refractivity contribution in [3.05, 3.63) is 63.8 Å². The molecule has 1 aromatic carbocycles. The molecule has 0 saturated carbocycles. The molecule has 1 amide bonds. The summed E-state index contributed by atoms with van der Waals surface area (Å²) in [4.78, 5) is 41.3. The van der Waals surface area contributed by atoms with Gasteiger partial charge in [0.25, 0.3) is 5.91 Å². The second-order valence-electron chi connectivity index (χ2n) is 11.7. The van der Waals surface area contributed by atoms with E-state index in [0.717, 1.165) is 6.07 Å². The van der Waals surface area contributed by atoms with Gasteiger partial charge < -0.3 is 24.8 Å². The van der Waals surface area contributed by atoms with Crippen LogP contribution < -0.4 is 20.7 Å². The lowest BCUT2D eigenvalue weighted by molar-refractivity contribution is -0.138. The fourth-order valence-corrected chi connectivity index (χ4v) is 5.87. The van der Waals surface area contributed by atoms with Crippen LogP contribution in [-0.2, 0) is 10.9 Å². The highest BCUT2D eigenvalue weighted by molar-refractivity contribution is 6.07. The molecule has 0 spiro atoms. The zero-order chi connectivity index (χ0) is 32.8. The Labute approximate surface area is 256 Å². The molecule has 2 aliphatic heterocycles. The monoisotopic (exact) mass is 635 g/mol. The first-order valence-electron chi connectivity index (χ1n) is 14.5. The number of alkyl halides is 3. The van der Waals surface area contributed by atoms with Gasteiger partial charge in [0, 0.05) is 74.5 Å². The van der Waals surface area contributed by atoms with E-state index in [2.05, 4.69) is 25.2 Å².